The number of H-pyrrole nitrogens is 2. The van der Waals surface area contributed by atoms with E-state index in [1.165, 1.54) is 0 Å². The predicted molar refractivity (Wildman–Crippen MR) is 101 cm³/mol. The second-order valence-corrected chi connectivity index (χ2v) is 6.89. The monoisotopic (exact) mass is 421 g/mol. The zero-order valence-electron chi connectivity index (χ0n) is 13.6. The molecule has 25 heavy (non-hydrogen) atoms. The molecular formula is C17H16BrN3O3S. The normalized spacial score (nSPS) is 16.2. The van der Waals surface area contributed by atoms with Gasteiger partial charge in [0.1, 0.15) is 5.82 Å². The van der Waals surface area contributed by atoms with E-state index < -0.39 is 11.9 Å². The van der Waals surface area contributed by atoms with Crippen molar-refractivity contribution in [1.82, 2.24) is 9.97 Å². The highest BCUT2D eigenvalue weighted by Gasteiger charge is 2.35. The number of fused-ring (bicyclic) bond motifs is 1. The first kappa shape index (κ1) is 17.6. The van der Waals surface area contributed by atoms with Crippen molar-refractivity contribution in [3.05, 3.63) is 66.3 Å². The average Bonchev–Trinajstić information content (AvgIpc) is 2.54. The minimum absolute atomic E-state index is 0.221. The van der Waals surface area contributed by atoms with E-state index in [1.807, 2.05) is 24.3 Å². The van der Waals surface area contributed by atoms with Crippen LogP contribution in [-0.4, -0.2) is 22.5 Å². The summed E-state index contributed by atoms with van der Waals surface area (Å²) in [6, 6.07) is 7.48. The quantitative estimate of drug-likeness (QED) is 0.520. The number of hydrogen-bond donors (Lipinski definition) is 3. The van der Waals surface area contributed by atoms with Crippen molar-refractivity contribution in [2.45, 2.75) is 19.8 Å². The summed E-state index contributed by atoms with van der Waals surface area (Å²) in [5, 5.41) is 3.07. The molecule has 2 aromatic rings. The fourth-order valence-electron chi connectivity index (χ4n) is 2.95. The first-order chi connectivity index (χ1) is 11.9. The van der Waals surface area contributed by atoms with Crippen molar-refractivity contribution in [1.29, 1.82) is 0 Å². The summed E-state index contributed by atoms with van der Waals surface area (Å²) in [6.07, 6.45) is 0. The fourth-order valence-corrected chi connectivity index (χ4v) is 3.41. The van der Waals surface area contributed by atoms with Gasteiger partial charge in [0.25, 0.3) is 5.56 Å². The van der Waals surface area contributed by atoms with Gasteiger partial charge in [-0.3, -0.25) is 9.78 Å². The Morgan fingerprint density at radius 2 is 1.96 bits per heavy atom. The second-order valence-electron chi connectivity index (χ2n) is 5.57. The number of esters is 1. The highest BCUT2D eigenvalue weighted by molar-refractivity contribution is 9.10. The summed E-state index contributed by atoms with van der Waals surface area (Å²) >= 11 is 8.46. The molecule has 1 aliphatic rings. The molecule has 0 bridgehead atoms. The van der Waals surface area contributed by atoms with E-state index in [9.17, 15) is 9.59 Å². The average molecular weight is 422 g/mol. The van der Waals surface area contributed by atoms with E-state index in [2.05, 4.69) is 31.2 Å². The Morgan fingerprint density at radius 1 is 1.28 bits per heavy atom. The zero-order chi connectivity index (χ0) is 18.1. The molecule has 3 rings (SSSR count). The summed E-state index contributed by atoms with van der Waals surface area (Å²) in [7, 11) is 0. The molecule has 2 heterocycles. The third-order valence-corrected chi connectivity index (χ3v) is 4.70. The molecule has 1 atom stereocenters. The topological polar surface area (TPSA) is 87.0 Å². The van der Waals surface area contributed by atoms with Gasteiger partial charge in [0.15, 0.2) is 4.77 Å². The maximum atomic E-state index is 12.6. The molecule has 1 aromatic carbocycles. The summed E-state index contributed by atoms with van der Waals surface area (Å²) in [5.41, 5.74) is 1.91. The number of ether oxygens (including phenoxy) is 1. The van der Waals surface area contributed by atoms with E-state index in [1.54, 1.807) is 13.8 Å². The van der Waals surface area contributed by atoms with Crippen molar-refractivity contribution in [3.8, 4) is 0 Å². The number of anilines is 1. The number of nitrogens with one attached hydrogen (secondary N) is 3. The second kappa shape index (κ2) is 6.97. The van der Waals surface area contributed by atoms with E-state index in [-0.39, 0.29) is 16.9 Å². The molecule has 0 radical (unpaired) electrons. The lowest BCUT2D eigenvalue weighted by molar-refractivity contribution is -0.138. The molecule has 0 aliphatic carbocycles. The van der Waals surface area contributed by atoms with Crippen LogP contribution in [0.15, 0.2) is 44.8 Å². The number of allylic oxidation sites excluding steroid dienone is 1. The molecular weight excluding hydrogens is 406 g/mol. The van der Waals surface area contributed by atoms with Gasteiger partial charge >= 0.3 is 5.97 Å². The molecule has 0 fully saturated rings. The van der Waals surface area contributed by atoms with Gasteiger partial charge in [0.2, 0.25) is 0 Å². The van der Waals surface area contributed by atoms with Crippen LogP contribution in [0.1, 0.15) is 30.9 Å². The van der Waals surface area contributed by atoms with Crippen LogP contribution in [0.3, 0.4) is 0 Å². The van der Waals surface area contributed by atoms with Crippen LogP contribution in [0.5, 0.6) is 0 Å². The van der Waals surface area contributed by atoms with Crippen LogP contribution >= 0.6 is 28.1 Å². The fraction of sp³-hybridized carbons (Fsp3) is 0.235. The van der Waals surface area contributed by atoms with E-state index in [0.29, 0.717) is 22.7 Å². The number of carbonyl (C=O) groups is 1. The van der Waals surface area contributed by atoms with Gasteiger partial charge in [-0.15, -0.1) is 0 Å². The van der Waals surface area contributed by atoms with Crippen LogP contribution in [-0.2, 0) is 9.53 Å². The molecule has 3 N–H and O–H groups in total. The zero-order valence-corrected chi connectivity index (χ0v) is 16.0. The third kappa shape index (κ3) is 3.32. The van der Waals surface area contributed by atoms with Gasteiger partial charge in [-0.1, -0.05) is 28.1 Å². The van der Waals surface area contributed by atoms with Crippen LogP contribution in [0.4, 0.5) is 5.82 Å². The van der Waals surface area contributed by atoms with Crippen molar-refractivity contribution in [2.75, 3.05) is 11.9 Å². The lowest BCUT2D eigenvalue weighted by Gasteiger charge is -2.28. The third-order valence-electron chi connectivity index (χ3n) is 3.97. The molecule has 0 unspecified atom stereocenters. The predicted octanol–water partition coefficient (Wildman–Crippen LogP) is 3.59. The van der Waals surface area contributed by atoms with Crippen molar-refractivity contribution >= 4 is 39.9 Å². The smallest absolute Gasteiger partial charge is 0.336 e. The Balaban J connectivity index is 2.27. The molecule has 6 nitrogen and oxygen atoms in total. The number of halogens is 1. The molecule has 1 aliphatic heterocycles. The Morgan fingerprint density at radius 3 is 2.60 bits per heavy atom. The largest absolute Gasteiger partial charge is 0.463 e. The summed E-state index contributed by atoms with van der Waals surface area (Å²) in [6.45, 7) is 3.78. The van der Waals surface area contributed by atoms with Gasteiger partial charge in [-0.25, -0.2) is 4.79 Å². The Bertz CT molecular complexity index is 976. The molecule has 130 valence electrons. The summed E-state index contributed by atoms with van der Waals surface area (Å²) in [4.78, 5) is 30.7. The summed E-state index contributed by atoms with van der Waals surface area (Å²) < 4.78 is 6.34. The van der Waals surface area contributed by atoms with Gasteiger partial charge in [0.05, 0.1) is 23.7 Å². The number of benzene rings is 1. The van der Waals surface area contributed by atoms with Crippen molar-refractivity contribution < 1.29 is 9.53 Å². The SMILES string of the molecule is CCOC(=O)C1=C(C)Nc2[nH]c(=S)[nH]c(=O)c2[C@@H]1c1ccc(Br)cc1. The standard InChI is InChI=1S/C17H16BrN3O3S/c1-3-24-16(23)11-8(2)19-14-13(15(22)21-17(25)20-14)12(11)9-4-6-10(18)7-5-9/h4-7,12H,3H2,1-2H3,(H3,19,20,21,22,25)/t12-/m1/s1. The van der Waals surface area contributed by atoms with Crippen LogP contribution in [0.2, 0.25) is 0 Å². The first-order valence-electron chi connectivity index (χ1n) is 7.69. The minimum Gasteiger partial charge on any atom is -0.463 e. The molecule has 0 amide bonds. The number of rotatable bonds is 3. The van der Waals surface area contributed by atoms with Crippen molar-refractivity contribution in [2.24, 2.45) is 0 Å². The lowest BCUT2D eigenvalue weighted by atomic mass is 9.82. The molecule has 1 aromatic heterocycles. The molecule has 0 spiro atoms. The Hall–Kier alpha value is -2.19. The van der Waals surface area contributed by atoms with Gasteiger partial charge in [-0.05, 0) is 43.8 Å². The maximum absolute atomic E-state index is 12.6. The first-order valence-corrected chi connectivity index (χ1v) is 8.89. The maximum Gasteiger partial charge on any atom is 0.336 e. The highest BCUT2D eigenvalue weighted by atomic mass is 79.9. The van der Waals surface area contributed by atoms with E-state index in [4.69, 9.17) is 17.0 Å². The number of aromatic nitrogens is 2. The molecule has 8 heteroatoms. The number of aromatic amines is 2. The Labute approximate surface area is 157 Å². The van der Waals surface area contributed by atoms with Crippen LogP contribution < -0.4 is 10.9 Å². The van der Waals surface area contributed by atoms with Crippen molar-refractivity contribution in [3.63, 3.8) is 0 Å². The summed E-state index contributed by atoms with van der Waals surface area (Å²) in [5.74, 6) is -0.515. The van der Waals surface area contributed by atoms with E-state index in [0.717, 1.165) is 10.0 Å². The Kier molecular flexibility index (Phi) is 4.91. The van der Waals surface area contributed by atoms with Gasteiger partial charge in [0, 0.05) is 10.2 Å². The molecule has 0 saturated carbocycles. The minimum atomic E-state index is -0.556. The van der Waals surface area contributed by atoms with E-state index >= 15 is 0 Å². The lowest BCUT2D eigenvalue weighted by Crippen LogP contribution is -2.31. The van der Waals surface area contributed by atoms with Gasteiger partial charge < -0.3 is 15.0 Å². The van der Waals surface area contributed by atoms with Gasteiger partial charge in [-0.2, -0.15) is 0 Å². The highest BCUT2D eigenvalue weighted by Crippen LogP contribution is 2.39. The molecule has 0 saturated heterocycles. The van der Waals surface area contributed by atoms with Crippen LogP contribution in [0.25, 0.3) is 0 Å². The number of hydrogen-bond acceptors (Lipinski definition) is 5. The number of carbonyl (C=O) groups excluding carboxylic acids is 1. The van der Waals surface area contributed by atoms with Crippen LogP contribution in [0, 0.1) is 4.77 Å².